The van der Waals surface area contributed by atoms with Crippen LogP contribution in [0.5, 0.6) is 0 Å². The van der Waals surface area contributed by atoms with E-state index in [1.165, 1.54) is 18.3 Å². The largest absolute Gasteiger partial charge is 0.433 e. The Balaban J connectivity index is 1.59. The normalized spacial score (nSPS) is 13.8. The molecule has 0 saturated heterocycles. The number of rotatable bonds is 4. The Morgan fingerprint density at radius 2 is 1.94 bits per heavy atom. The minimum Gasteiger partial charge on any atom is -0.387 e. The number of carbonyl (C=O) groups is 1. The predicted octanol–water partition coefficient (Wildman–Crippen LogP) is 5.05. The van der Waals surface area contributed by atoms with Gasteiger partial charge < -0.3 is 10.6 Å². The fourth-order valence-corrected chi connectivity index (χ4v) is 3.39. The average Bonchev–Trinajstić information content (AvgIpc) is 3.06. The molecule has 0 atom stereocenters. The molecule has 6 nitrogen and oxygen atoms in total. The second kappa shape index (κ2) is 8.93. The van der Waals surface area contributed by atoms with Crippen LogP contribution in [0, 0.1) is 13.8 Å². The number of aromatic nitrogens is 3. The first kappa shape index (κ1) is 22.3. The molecule has 9 heteroatoms. The van der Waals surface area contributed by atoms with Gasteiger partial charge in [0.05, 0.1) is 17.6 Å². The summed E-state index contributed by atoms with van der Waals surface area (Å²) in [6.07, 6.45) is 2.74. The summed E-state index contributed by atoms with van der Waals surface area (Å²) in [6, 6.07) is 9.26. The molecule has 0 aliphatic carbocycles. The van der Waals surface area contributed by atoms with E-state index in [0.29, 0.717) is 24.1 Å². The summed E-state index contributed by atoms with van der Waals surface area (Å²) in [4.78, 5) is 16.6. The van der Waals surface area contributed by atoms with Crippen molar-refractivity contribution in [2.45, 2.75) is 26.4 Å². The van der Waals surface area contributed by atoms with E-state index in [2.05, 4.69) is 20.7 Å². The highest BCUT2D eigenvalue weighted by molar-refractivity contribution is 6.03. The summed E-state index contributed by atoms with van der Waals surface area (Å²) < 4.78 is 42.0. The smallest absolute Gasteiger partial charge is 0.387 e. The highest BCUT2D eigenvalue weighted by Crippen LogP contribution is 2.33. The number of amides is 1. The van der Waals surface area contributed by atoms with Crippen LogP contribution in [0.25, 0.3) is 11.3 Å². The number of nitrogens with zero attached hydrogens (tertiary/aromatic N) is 3. The fraction of sp³-hybridized carbons (Fsp3) is 0.208. The Morgan fingerprint density at radius 1 is 1.12 bits per heavy atom. The minimum atomic E-state index is -4.60. The number of benzene rings is 1. The molecule has 1 aliphatic rings. The van der Waals surface area contributed by atoms with Crippen LogP contribution >= 0.6 is 0 Å². The molecule has 3 heterocycles. The van der Waals surface area contributed by atoms with Gasteiger partial charge in [0.25, 0.3) is 5.91 Å². The van der Waals surface area contributed by atoms with E-state index in [-0.39, 0.29) is 23.1 Å². The van der Waals surface area contributed by atoms with Crippen LogP contribution in [-0.4, -0.2) is 27.2 Å². The molecule has 3 aromatic rings. The first-order chi connectivity index (χ1) is 15.7. The summed E-state index contributed by atoms with van der Waals surface area (Å²) in [7, 11) is 0. The van der Waals surface area contributed by atoms with Crippen molar-refractivity contribution in [1.29, 1.82) is 0 Å². The molecule has 170 valence electrons. The third-order valence-corrected chi connectivity index (χ3v) is 5.36. The molecule has 0 saturated carbocycles. The number of pyridine rings is 1. The van der Waals surface area contributed by atoms with Crippen LogP contribution in [0.1, 0.15) is 39.3 Å². The van der Waals surface area contributed by atoms with E-state index >= 15 is 0 Å². The van der Waals surface area contributed by atoms with Gasteiger partial charge in [-0.25, -0.2) is 9.67 Å². The van der Waals surface area contributed by atoms with Crippen molar-refractivity contribution in [3.63, 3.8) is 0 Å². The maximum absolute atomic E-state index is 13.7. The van der Waals surface area contributed by atoms with E-state index in [0.717, 1.165) is 21.9 Å². The Morgan fingerprint density at radius 3 is 2.64 bits per heavy atom. The molecule has 1 amide bonds. The molecule has 0 fully saturated rings. The van der Waals surface area contributed by atoms with Gasteiger partial charge in [-0.3, -0.25) is 4.79 Å². The number of hydrogen-bond acceptors (Lipinski definition) is 4. The Labute approximate surface area is 188 Å². The first-order valence-corrected chi connectivity index (χ1v) is 10.3. The average molecular weight is 453 g/mol. The molecule has 1 aliphatic heterocycles. The third kappa shape index (κ3) is 4.97. The van der Waals surface area contributed by atoms with E-state index in [9.17, 15) is 18.0 Å². The molecule has 1 aromatic carbocycles. The molecule has 33 heavy (non-hydrogen) atoms. The molecular formula is C24H22F3N5O. The molecule has 2 aromatic heterocycles. The van der Waals surface area contributed by atoms with Crippen molar-refractivity contribution in [3.8, 4) is 5.69 Å². The lowest BCUT2D eigenvalue weighted by molar-refractivity contribution is -0.142. The molecule has 0 spiro atoms. The molecule has 2 N–H and O–H groups in total. The SMILES string of the molecule is Cc1ccc(C(=O)Nc2ccc(-n3nc(C4=CCC=CNC4)cc3C(F)(F)F)cn2)cc1C. The van der Waals surface area contributed by atoms with Gasteiger partial charge in [-0.05, 0) is 73.5 Å². The number of nitrogens with one attached hydrogen (secondary N) is 2. The van der Waals surface area contributed by atoms with Gasteiger partial charge in [0.15, 0.2) is 0 Å². The van der Waals surface area contributed by atoms with Crippen LogP contribution < -0.4 is 10.6 Å². The second-order valence-corrected chi connectivity index (χ2v) is 7.73. The van der Waals surface area contributed by atoms with Crippen molar-refractivity contribution in [3.05, 3.63) is 89.0 Å². The second-order valence-electron chi connectivity index (χ2n) is 7.73. The highest BCUT2D eigenvalue weighted by Gasteiger charge is 2.36. The quantitative estimate of drug-likeness (QED) is 0.580. The van der Waals surface area contributed by atoms with E-state index in [4.69, 9.17) is 0 Å². The monoisotopic (exact) mass is 453 g/mol. The standard InChI is InChI=1S/C24H22F3N5O/c1-15-6-7-17(11-16(15)2)23(33)30-22-9-8-19(14-29-22)32-21(24(25,26)27)12-20(31-32)18-5-3-4-10-28-13-18/h4-12,14,28H,3,13H2,1-2H3,(H,29,30,33). The van der Waals surface area contributed by atoms with Crippen LogP contribution in [0.2, 0.25) is 0 Å². The number of allylic oxidation sites excluding steroid dienone is 2. The maximum Gasteiger partial charge on any atom is 0.433 e. The predicted molar refractivity (Wildman–Crippen MR) is 120 cm³/mol. The Hall–Kier alpha value is -3.88. The zero-order chi connectivity index (χ0) is 23.6. The topological polar surface area (TPSA) is 71.8 Å². The van der Waals surface area contributed by atoms with E-state index < -0.39 is 11.9 Å². The van der Waals surface area contributed by atoms with Gasteiger partial charge in [0.2, 0.25) is 0 Å². The van der Waals surface area contributed by atoms with Gasteiger partial charge >= 0.3 is 6.18 Å². The molecule has 4 rings (SSSR count). The Bertz CT molecular complexity index is 1240. The number of halogens is 3. The maximum atomic E-state index is 13.7. The number of alkyl halides is 3. The zero-order valence-electron chi connectivity index (χ0n) is 18.1. The minimum absolute atomic E-state index is 0.137. The third-order valence-electron chi connectivity index (χ3n) is 5.36. The molecule has 0 unspecified atom stereocenters. The van der Waals surface area contributed by atoms with E-state index in [1.807, 2.05) is 32.1 Å². The van der Waals surface area contributed by atoms with Gasteiger partial charge in [0, 0.05) is 12.1 Å². The van der Waals surface area contributed by atoms with E-state index in [1.54, 1.807) is 18.3 Å². The summed E-state index contributed by atoms with van der Waals surface area (Å²) >= 11 is 0. The molecular weight excluding hydrogens is 431 g/mol. The summed E-state index contributed by atoms with van der Waals surface area (Å²) in [6.45, 7) is 4.24. The van der Waals surface area contributed by atoms with Crippen LogP contribution in [0.3, 0.4) is 0 Å². The van der Waals surface area contributed by atoms with Crippen LogP contribution in [0.4, 0.5) is 19.0 Å². The van der Waals surface area contributed by atoms with Crippen molar-refractivity contribution in [2.24, 2.45) is 0 Å². The van der Waals surface area contributed by atoms with Crippen molar-refractivity contribution >= 4 is 17.3 Å². The van der Waals surface area contributed by atoms with Crippen molar-refractivity contribution in [1.82, 2.24) is 20.1 Å². The fourth-order valence-electron chi connectivity index (χ4n) is 3.39. The highest BCUT2D eigenvalue weighted by atomic mass is 19.4. The molecule has 0 radical (unpaired) electrons. The van der Waals surface area contributed by atoms with Crippen LogP contribution in [-0.2, 0) is 6.18 Å². The lowest BCUT2D eigenvalue weighted by Crippen LogP contribution is -2.15. The number of anilines is 1. The number of hydrogen-bond donors (Lipinski definition) is 2. The number of aryl methyl sites for hydroxylation is 2. The van der Waals surface area contributed by atoms with Crippen molar-refractivity contribution in [2.75, 3.05) is 11.9 Å². The number of carbonyl (C=O) groups excluding carboxylic acids is 1. The Kier molecular flexibility index (Phi) is 6.04. The first-order valence-electron chi connectivity index (χ1n) is 10.3. The summed E-state index contributed by atoms with van der Waals surface area (Å²) in [5.74, 6) is -0.123. The summed E-state index contributed by atoms with van der Waals surface area (Å²) in [5.41, 5.74) is 2.68. The van der Waals surface area contributed by atoms with Gasteiger partial charge in [-0.15, -0.1) is 0 Å². The van der Waals surface area contributed by atoms with Gasteiger partial charge in [0.1, 0.15) is 11.5 Å². The lowest BCUT2D eigenvalue weighted by atomic mass is 10.1. The van der Waals surface area contributed by atoms with Crippen LogP contribution in [0.15, 0.2) is 60.9 Å². The van der Waals surface area contributed by atoms with Crippen molar-refractivity contribution < 1.29 is 18.0 Å². The lowest BCUT2D eigenvalue weighted by Gasteiger charge is -2.11. The van der Waals surface area contributed by atoms with Gasteiger partial charge in [-0.2, -0.15) is 18.3 Å². The zero-order valence-corrected chi connectivity index (χ0v) is 18.1. The van der Waals surface area contributed by atoms with Gasteiger partial charge in [-0.1, -0.05) is 18.2 Å². The summed E-state index contributed by atoms with van der Waals surface area (Å²) in [5, 5.41) is 9.88. The molecule has 0 bridgehead atoms.